The topological polar surface area (TPSA) is 60.0 Å². The third-order valence-corrected chi connectivity index (χ3v) is 1.65. The first kappa shape index (κ1) is 10.1. The molecule has 0 aliphatic heterocycles. The van der Waals surface area contributed by atoms with E-state index in [4.69, 9.17) is 9.47 Å². The van der Waals surface area contributed by atoms with Crippen molar-refractivity contribution in [3.63, 3.8) is 0 Å². The van der Waals surface area contributed by atoms with Gasteiger partial charge in [0.1, 0.15) is 5.82 Å². The number of hydrogen-bond donors (Lipinski definition) is 1. The van der Waals surface area contributed by atoms with E-state index >= 15 is 0 Å². The molecular weight excluding hydrogens is 170 g/mol. The molecule has 0 aliphatic carbocycles. The molecule has 0 aromatic carbocycles. The van der Waals surface area contributed by atoms with Crippen LogP contribution in [0.15, 0.2) is 0 Å². The van der Waals surface area contributed by atoms with Gasteiger partial charge in [0.2, 0.25) is 0 Å². The van der Waals surface area contributed by atoms with Crippen LogP contribution in [0.25, 0.3) is 0 Å². The van der Waals surface area contributed by atoms with Crippen LogP contribution in [0.3, 0.4) is 0 Å². The Balaban J connectivity index is 2.34. The van der Waals surface area contributed by atoms with Gasteiger partial charge in [0.05, 0.1) is 13.2 Å². The summed E-state index contributed by atoms with van der Waals surface area (Å²) in [5, 5.41) is 6.89. The quantitative estimate of drug-likeness (QED) is 0.687. The number of rotatable bonds is 6. The monoisotopic (exact) mass is 185 g/mol. The van der Waals surface area contributed by atoms with Crippen LogP contribution in [0.5, 0.6) is 0 Å². The van der Waals surface area contributed by atoms with Crippen LogP contribution in [0.1, 0.15) is 11.6 Å². The molecule has 5 heteroatoms. The summed E-state index contributed by atoms with van der Waals surface area (Å²) in [6, 6.07) is 0. The van der Waals surface area contributed by atoms with Crippen molar-refractivity contribution in [2.45, 2.75) is 12.8 Å². The minimum Gasteiger partial charge on any atom is -0.384 e. The van der Waals surface area contributed by atoms with Gasteiger partial charge in [-0.1, -0.05) is 0 Å². The molecule has 1 heterocycles. The molecule has 0 unspecified atom stereocenters. The lowest BCUT2D eigenvalue weighted by molar-refractivity contribution is 0.199. The summed E-state index contributed by atoms with van der Waals surface area (Å²) in [6.45, 7) is 1.32. The number of ether oxygens (including phenoxy) is 2. The lowest BCUT2D eigenvalue weighted by Crippen LogP contribution is -1.98. The van der Waals surface area contributed by atoms with E-state index in [1.165, 1.54) is 0 Å². The van der Waals surface area contributed by atoms with Gasteiger partial charge in [-0.05, 0) is 0 Å². The van der Waals surface area contributed by atoms with Crippen LogP contribution < -0.4 is 0 Å². The van der Waals surface area contributed by atoms with Crippen LogP contribution in [0.4, 0.5) is 0 Å². The van der Waals surface area contributed by atoms with Gasteiger partial charge in [-0.2, -0.15) is 5.10 Å². The Morgan fingerprint density at radius 3 is 2.54 bits per heavy atom. The Labute approximate surface area is 77.5 Å². The second-order valence-electron chi connectivity index (χ2n) is 2.68. The molecule has 0 saturated carbocycles. The largest absolute Gasteiger partial charge is 0.384 e. The summed E-state index contributed by atoms with van der Waals surface area (Å²) in [7, 11) is 3.33. The van der Waals surface area contributed by atoms with E-state index in [1.54, 1.807) is 14.2 Å². The number of hydrogen-bond acceptors (Lipinski definition) is 4. The molecule has 0 radical (unpaired) electrons. The lowest BCUT2D eigenvalue weighted by Gasteiger charge is -1.93. The van der Waals surface area contributed by atoms with Crippen molar-refractivity contribution in [1.82, 2.24) is 15.2 Å². The average molecular weight is 185 g/mol. The highest BCUT2D eigenvalue weighted by Gasteiger charge is 2.01. The van der Waals surface area contributed by atoms with E-state index in [9.17, 15) is 0 Å². The first-order valence-electron chi connectivity index (χ1n) is 4.25. The highest BCUT2D eigenvalue weighted by molar-refractivity contribution is 4.90. The van der Waals surface area contributed by atoms with Gasteiger partial charge >= 0.3 is 0 Å². The van der Waals surface area contributed by atoms with Gasteiger partial charge in [0.15, 0.2) is 5.82 Å². The van der Waals surface area contributed by atoms with Gasteiger partial charge in [-0.3, -0.25) is 5.10 Å². The van der Waals surface area contributed by atoms with Gasteiger partial charge in [0, 0.05) is 27.1 Å². The maximum atomic E-state index is 4.92. The molecule has 0 spiro atoms. The van der Waals surface area contributed by atoms with E-state index in [0.717, 1.165) is 24.5 Å². The molecule has 1 aromatic rings. The third kappa shape index (κ3) is 3.52. The van der Waals surface area contributed by atoms with E-state index < -0.39 is 0 Å². The second-order valence-corrected chi connectivity index (χ2v) is 2.68. The van der Waals surface area contributed by atoms with Crippen LogP contribution in [0.2, 0.25) is 0 Å². The second kappa shape index (κ2) is 5.66. The predicted octanol–water partition coefficient (Wildman–Crippen LogP) is 0.182. The Bertz CT molecular complexity index is 215. The first-order chi connectivity index (χ1) is 6.36. The highest BCUT2D eigenvalue weighted by Crippen LogP contribution is 1.95. The molecule has 1 rings (SSSR count). The predicted molar refractivity (Wildman–Crippen MR) is 47.5 cm³/mol. The summed E-state index contributed by atoms with van der Waals surface area (Å²) in [6.07, 6.45) is 1.52. The number of aromatic nitrogens is 3. The molecule has 0 fully saturated rings. The maximum absolute atomic E-state index is 4.92. The molecule has 0 aliphatic rings. The molecule has 5 nitrogen and oxygen atoms in total. The third-order valence-electron chi connectivity index (χ3n) is 1.65. The molecule has 0 bridgehead atoms. The molecule has 13 heavy (non-hydrogen) atoms. The van der Waals surface area contributed by atoms with Crippen LogP contribution in [-0.4, -0.2) is 42.6 Å². The van der Waals surface area contributed by atoms with Gasteiger partial charge in [-0.25, -0.2) is 4.98 Å². The summed E-state index contributed by atoms with van der Waals surface area (Å²) in [5.74, 6) is 1.67. The summed E-state index contributed by atoms with van der Waals surface area (Å²) < 4.78 is 9.84. The molecule has 1 N–H and O–H groups in total. The van der Waals surface area contributed by atoms with E-state index in [0.29, 0.717) is 13.2 Å². The standard InChI is InChI=1S/C8H15N3O2/c1-12-5-3-7-9-8(11-10-7)4-6-13-2/h3-6H2,1-2H3,(H,9,10,11). The van der Waals surface area contributed by atoms with E-state index in [2.05, 4.69) is 15.2 Å². The Morgan fingerprint density at radius 1 is 1.15 bits per heavy atom. The normalized spacial score (nSPS) is 10.6. The fraction of sp³-hybridized carbons (Fsp3) is 0.750. The van der Waals surface area contributed by atoms with Gasteiger partial charge in [-0.15, -0.1) is 0 Å². The van der Waals surface area contributed by atoms with E-state index in [-0.39, 0.29) is 0 Å². The summed E-state index contributed by atoms with van der Waals surface area (Å²) in [5.41, 5.74) is 0. The summed E-state index contributed by atoms with van der Waals surface area (Å²) in [4.78, 5) is 4.26. The maximum Gasteiger partial charge on any atom is 0.152 e. The van der Waals surface area contributed by atoms with Crippen LogP contribution in [-0.2, 0) is 22.3 Å². The molecule has 74 valence electrons. The molecule has 0 atom stereocenters. The molecule has 0 amide bonds. The van der Waals surface area contributed by atoms with Crippen molar-refractivity contribution in [3.05, 3.63) is 11.6 Å². The van der Waals surface area contributed by atoms with Crippen LogP contribution in [0, 0.1) is 0 Å². The minimum atomic E-state index is 0.654. The zero-order valence-electron chi connectivity index (χ0n) is 8.04. The zero-order valence-corrected chi connectivity index (χ0v) is 8.04. The zero-order chi connectivity index (χ0) is 9.52. The Kier molecular flexibility index (Phi) is 4.42. The lowest BCUT2D eigenvalue weighted by atomic mass is 10.4. The number of aromatic amines is 1. The number of nitrogens with one attached hydrogen (secondary N) is 1. The van der Waals surface area contributed by atoms with Gasteiger partial charge in [0.25, 0.3) is 0 Å². The average Bonchev–Trinajstić information content (AvgIpc) is 2.59. The molecular formula is C8H15N3O2. The number of nitrogens with zero attached hydrogens (tertiary/aromatic N) is 2. The highest BCUT2D eigenvalue weighted by atomic mass is 16.5. The molecule has 1 aromatic heterocycles. The first-order valence-corrected chi connectivity index (χ1v) is 4.25. The van der Waals surface area contributed by atoms with Crippen molar-refractivity contribution >= 4 is 0 Å². The number of methoxy groups -OCH3 is 2. The smallest absolute Gasteiger partial charge is 0.152 e. The van der Waals surface area contributed by atoms with E-state index in [1.807, 2.05) is 0 Å². The minimum absolute atomic E-state index is 0.654. The van der Waals surface area contributed by atoms with Gasteiger partial charge < -0.3 is 9.47 Å². The molecule has 0 saturated heterocycles. The SMILES string of the molecule is COCCc1n[nH]c(CCOC)n1. The fourth-order valence-corrected chi connectivity index (χ4v) is 0.951. The Morgan fingerprint density at radius 2 is 1.85 bits per heavy atom. The van der Waals surface area contributed by atoms with Crippen molar-refractivity contribution in [3.8, 4) is 0 Å². The van der Waals surface area contributed by atoms with Crippen molar-refractivity contribution in [2.24, 2.45) is 0 Å². The fourth-order valence-electron chi connectivity index (χ4n) is 0.951. The van der Waals surface area contributed by atoms with Crippen molar-refractivity contribution in [2.75, 3.05) is 27.4 Å². The van der Waals surface area contributed by atoms with Crippen molar-refractivity contribution < 1.29 is 9.47 Å². The number of H-pyrrole nitrogens is 1. The van der Waals surface area contributed by atoms with Crippen molar-refractivity contribution in [1.29, 1.82) is 0 Å². The summed E-state index contributed by atoms with van der Waals surface area (Å²) >= 11 is 0. The Hall–Kier alpha value is -0.940. The van der Waals surface area contributed by atoms with Crippen LogP contribution >= 0.6 is 0 Å².